The van der Waals surface area contributed by atoms with E-state index in [4.69, 9.17) is 16.3 Å². The summed E-state index contributed by atoms with van der Waals surface area (Å²) < 4.78 is 19.4. The molecule has 140 valence electrons. The summed E-state index contributed by atoms with van der Waals surface area (Å²) in [5.74, 6) is 6.08. The minimum Gasteiger partial charge on any atom is -0.484 e. The summed E-state index contributed by atoms with van der Waals surface area (Å²) in [4.78, 5) is 11.5. The quantitative estimate of drug-likeness (QED) is 0.499. The molecule has 0 aliphatic rings. The zero-order valence-electron chi connectivity index (χ0n) is 15.6. The minimum absolute atomic E-state index is 0.0383. The number of rotatable bonds is 10. The van der Waals surface area contributed by atoms with E-state index in [1.165, 1.54) is 11.1 Å². The predicted molar refractivity (Wildman–Crippen MR) is 98.2 cm³/mol. The van der Waals surface area contributed by atoms with E-state index in [1.54, 1.807) is 12.3 Å². The first-order valence-electron chi connectivity index (χ1n) is 8.63. The average Bonchev–Trinajstić information content (AvgIpc) is 2.53. The average molecular weight is 351 g/mol. The third-order valence-electron chi connectivity index (χ3n) is 3.83. The van der Waals surface area contributed by atoms with Crippen molar-refractivity contribution in [2.75, 3.05) is 13.2 Å². The van der Waals surface area contributed by atoms with E-state index in [0.29, 0.717) is 25.1 Å². The Balaban J connectivity index is 2.46. The van der Waals surface area contributed by atoms with Crippen LogP contribution in [-0.2, 0) is 4.79 Å². The molecule has 0 aliphatic carbocycles. The molecule has 0 unspecified atom stereocenters. The van der Waals surface area contributed by atoms with E-state index in [2.05, 4.69) is 0 Å². The fourth-order valence-electron chi connectivity index (χ4n) is 2.19. The first kappa shape index (κ1) is 21.0. The standard InChI is InChI=1S/C19H30FN3O2/c1-13(2)15-7-8-19(17(20)10-15)25-12-16(21)11-23(22)9-5-6-18(24)14(3)4/h7-8,10-11,13-14H,5-6,9,12,21-22H2,1-4H3/b16-11-. The van der Waals surface area contributed by atoms with Gasteiger partial charge in [0.2, 0.25) is 0 Å². The van der Waals surface area contributed by atoms with E-state index < -0.39 is 5.82 Å². The van der Waals surface area contributed by atoms with Gasteiger partial charge in [0.05, 0.1) is 5.70 Å². The van der Waals surface area contributed by atoms with Crippen molar-refractivity contribution in [3.63, 3.8) is 0 Å². The molecule has 0 aromatic heterocycles. The smallest absolute Gasteiger partial charge is 0.165 e. The van der Waals surface area contributed by atoms with Crippen LogP contribution in [0.25, 0.3) is 0 Å². The highest BCUT2D eigenvalue weighted by Crippen LogP contribution is 2.23. The van der Waals surface area contributed by atoms with E-state index in [9.17, 15) is 9.18 Å². The summed E-state index contributed by atoms with van der Waals surface area (Å²) in [5, 5.41) is 1.42. The molecule has 0 aliphatic heterocycles. The lowest BCUT2D eigenvalue weighted by atomic mass is 10.0. The van der Waals surface area contributed by atoms with Gasteiger partial charge < -0.3 is 15.5 Å². The summed E-state index contributed by atoms with van der Waals surface area (Å²) in [7, 11) is 0. The number of halogens is 1. The number of hydrogen-bond donors (Lipinski definition) is 2. The van der Waals surface area contributed by atoms with Gasteiger partial charge in [0, 0.05) is 25.1 Å². The number of carbonyl (C=O) groups is 1. The van der Waals surface area contributed by atoms with Gasteiger partial charge in [-0.3, -0.25) is 4.79 Å². The molecule has 1 aromatic rings. The van der Waals surface area contributed by atoms with Gasteiger partial charge in [-0.15, -0.1) is 0 Å². The number of hydrazine groups is 1. The Morgan fingerprint density at radius 2 is 2.00 bits per heavy atom. The summed E-state index contributed by atoms with van der Waals surface area (Å²) in [5.41, 5.74) is 7.15. The van der Waals surface area contributed by atoms with E-state index in [-0.39, 0.29) is 30.0 Å². The van der Waals surface area contributed by atoms with E-state index in [1.807, 2.05) is 33.8 Å². The molecule has 5 nitrogen and oxygen atoms in total. The van der Waals surface area contributed by atoms with Crippen LogP contribution < -0.4 is 16.3 Å². The number of nitrogens with two attached hydrogens (primary N) is 2. The Hall–Kier alpha value is -2.08. The Morgan fingerprint density at radius 1 is 1.32 bits per heavy atom. The van der Waals surface area contributed by atoms with Crippen LogP contribution in [0.2, 0.25) is 0 Å². The van der Waals surface area contributed by atoms with Crippen LogP contribution in [0.1, 0.15) is 52.0 Å². The first-order chi connectivity index (χ1) is 11.7. The van der Waals surface area contributed by atoms with Crippen molar-refractivity contribution >= 4 is 5.78 Å². The van der Waals surface area contributed by atoms with Crippen molar-refractivity contribution in [1.82, 2.24) is 5.01 Å². The number of Topliss-reactive ketones (excluding diaryl/α,β-unsaturated/α-hetero) is 1. The van der Waals surface area contributed by atoms with Gasteiger partial charge in [-0.25, -0.2) is 10.2 Å². The maximum absolute atomic E-state index is 14.0. The largest absolute Gasteiger partial charge is 0.484 e. The Morgan fingerprint density at radius 3 is 2.56 bits per heavy atom. The number of benzene rings is 1. The fourth-order valence-corrected chi connectivity index (χ4v) is 2.19. The minimum atomic E-state index is -0.407. The van der Waals surface area contributed by atoms with Crippen molar-refractivity contribution in [2.24, 2.45) is 17.5 Å². The Labute approximate surface area is 149 Å². The molecule has 0 spiro atoms. The van der Waals surface area contributed by atoms with Gasteiger partial charge in [-0.1, -0.05) is 33.8 Å². The molecule has 0 fully saturated rings. The van der Waals surface area contributed by atoms with E-state index >= 15 is 0 Å². The lowest BCUT2D eigenvalue weighted by molar-refractivity contribution is -0.122. The van der Waals surface area contributed by atoms with Gasteiger partial charge in [0.25, 0.3) is 0 Å². The highest BCUT2D eigenvalue weighted by molar-refractivity contribution is 5.80. The zero-order valence-corrected chi connectivity index (χ0v) is 15.6. The highest BCUT2D eigenvalue weighted by Gasteiger charge is 2.09. The second kappa shape index (κ2) is 10.0. The van der Waals surface area contributed by atoms with Crippen molar-refractivity contribution in [2.45, 2.75) is 46.5 Å². The van der Waals surface area contributed by atoms with Crippen LogP contribution in [0.3, 0.4) is 0 Å². The van der Waals surface area contributed by atoms with Gasteiger partial charge in [0.1, 0.15) is 12.4 Å². The summed E-state index contributed by atoms with van der Waals surface area (Å²) in [6, 6.07) is 4.92. The summed E-state index contributed by atoms with van der Waals surface area (Å²) >= 11 is 0. The third-order valence-corrected chi connectivity index (χ3v) is 3.83. The Bertz CT molecular complexity index is 600. The van der Waals surface area contributed by atoms with Crippen LogP contribution in [0, 0.1) is 11.7 Å². The van der Waals surface area contributed by atoms with Crippen LogP contribution in [0.15, 0.2) is 30.1 Å². The SMILES string of the molecule is CC(C)C(=O)CCCN(N)/C=C(\N)COc1ccc(C(C)C)cc1F. The maximum Gasteiger partial charge on any atom is 0.165 e. The molecule has 0 saturated heterocycles. The van der Waals surface area contributed by atoms with Crippen LogP contribution in [0.5, 0.6) is 5.75 Å². The van der Waals surface area contributed by atoms with Crippen molar-refractivity contribution < 1.29 is 13.9 Å². The van der Waals surface area contributed by atoms with Gasteiger partial charge >= 0.3 is 0 Å². The second-order valence-corrected chi connectivity index (χ2v) is 6.80. The maximum atomic E-state index is 14.0. The number of hydrogen-bond acceptors (Lipinski definition) is 5. The van der Waals surface area contributed by atoms with Gasteiger partial charge in [-0.2, -0.15) is 0 Å². The molecule has 0 amide bonds. The third kappa shape index (κ3) is 7.56. The lowest BCUT2D eigenvalue weighted by Gasteiger charge is -2.16. The van der Waals surface area contributed by atoms with Crippen LogP contribution in [-0.4, -0.2) is 23.9 Å². The number of ketones is 1. The summed E-state index contributed by atoms with van der Waals surface area (Å²) in [6.07, 6.45) is 2.69. The molecule has 0 saturated carbocycles. The van der Waals surface area contributed by atoms with Crippen LogP contribution in [0.4, 0.5) is 4.39 Å². The van der Waals surface area contributed by atoms with E-state index in [0.717, 1.165) is 5.56 Å². The molecule has 1 rings (SSSR count). The second-order valence-electron chi connectivity index (χ2n) is 6.80. The number of ether oxygens (including phenoxy) is 1. The molecule has 0 atom stereocenters. The van der Waals surface area contributed by atoms with Crippen molar-refractivity contribution in [3.8, 4) is 5.75 Å². The number of nitrogens with zero attached hydrogens (tertiary/aromatic N) is 1. The molecule has 0 bridgehead atoms. The highest BCUT2D eigenvalue weighted by atomic mass is 19.1. The monoisotopic (exact) mass is 351 g/mol. The molecule has 0 heterocycles. The van der Waals surface area contributed by atoms with Gasteiger partial charge in [0.15, 0.2) is 11.6 Å². The Kier molecular flexibility index (Phi) is 8.41. The molecular weight excluding hydrogens is 321 g/mol. The molecule has 4 N–H and O–H groups in total. The lowest BCUT2D eigenvalue weighted by Crippen LogP contribution is -2.29. The summed E-state index contributed by atoms with van der Waals surface area (Å²) in [6.45, 7) is 8.31. The molecule has 25 heavy (non-hydrogen) atoms. The zero-order chi connectivity index (χ0) is 19.0. The first-order valence-corrected chi connectivity index (χ1v) is 8.63. The normalized spacial score (nSPS) is 11.9. The fraction of sp³-hybridized carbons (Fsp3) is 0.526. The molecule has 6 heteroatoms. The van der Waals surface area contributed by atoms with Crippen LogP contribution >= 0.6 is 0 Å². The van der Waals surface area contributed by atoms with Crippen molar-refractivity contribution in [1.29, 1.82) is 0 Å². The molecular formula is C19H30FN3O2. The predicted octanol–water partition coefficient (Wildman–Crippen LogP) is 3.31. The number of carbonyl (C=O) groups excluding carboxylic acids is 1. The van der Waals surface area contributed by atoms with Gasteiger partial charge in [-0.05, 0) is 30.0 Å². The van der Waals surface area contributed by atoms with Crippen molar-refractivity contribution in [3.05, 3.63) is 41.5 Å². The molecule has 0 radical (unpaired) electrons. The topological polar surface area (TPSA) is 81.6 Å². The molecule has 1 aromatic carbocycles.